The van der Waals surface area contributed by atoms with Crippen LogP contribution in [-0.4, -0.2) is 110 Å². The van der Waals surface area contributed by atoms with Crippen LogP contribution in [0.25, 0.3) is 21.9 Å². The van der Waals surface area contributed by atoms with E-state index in [1.54, 1.807) is 6.20 Å². The molecule has 8 rings (SSSR count). The van der Waals surface area contributed by atoms with Crippen LogP contribution in [0.1, 0.15) is 55.7 Å². The third-order valence-electron chi connectivity index (χ3n) is 12.1. The van der Waals surface area contributed by atoms with Crippen molar-refractivity contribution in [1.82, 2.24) is 34.1 Å². The molecule has 4 aromatic rings. The number of rotatable bonds is 7. The van der Waals surface area contributed by atoms with Crippen molar-refractivity contribution < 1.29 is 9.59 Å². The number of likely N-dealkylation sites (tertiary alicyclic amines) is 4. The van der Waals surface area contributed by atoms with Gasteiger partial charge in [0.15, 0.2) is 0 Å². The van der Waals surface area contributed by atoms with Crippen LogP contribution < -0.4 is 11.4 Å². The Kier molecular flexibility index (Phi) is 8.85. The zero-order chi connectivity index (χ0) is 34.7. The molecule has 2 aromatic carbocycles. The van der Waals surface area contributed by atoms with Crippen LogP contribution in [0.15, 0.2) is 47.4 Å². The smallest absolute Gasteiger partial charge is 0.326 e. The molecular weight excluding hydrogens is 652 g/mol. The van der Waals surface area contributed by atoms with E-state index in [1.165, 1.54) is 6.42 Å². The summed E-state index contributed by atoms with van der Waals surface area (Å²) in [6, 6.07) is 13.4. The number of nitrogens with zero attached hydrogens (tertiary/aromatic N) is 6. The van der Waals surface area contributed by atoms with E-state index in [0.29, 0.717) is 74.3 Å². The molecule has 2 bridgehead atoms. The predicted molar refractivity (Wildman–Crippen MR) is 196 cm³/mol. The van der Waals surface area contributed by atoms with Crippen molar-refractivity contribution in [1.29, 1.82) is 0 Å². The molecule has 11 nitrogen and oxygen atoms in total. The second kappa shape index (κ2) is 13.3. The number of piperidine rings is 2. The van der Waals surface area contributed by atoms with Crippen LogP contribution in [0, 0.1) is 12.8 Å². The first-order valence-corrected chi connectivity index (χ1v) is 18.6. The highest BCUT2D eigenvalue weighted by Crippen LogP contribution is 2.35. The fourth-order valence-corrected chi connectivity index (χ4v) is 9.58. The highest BCUT2D eigenvalue weighted by atomic mass is 35.5. The average Bonchev–Trinajstić information content (AvgIpc) is 3.81. The minimum atomic E-state index is -0.497. The van der Waals surface area contributed by atoms with E-state index >= 15 is 0 Å². The molecule has 3 N–H and O–H groups in total. The van der Waals surface area contributed by atoms with E-state index < -0.39 is 5.92 Å². The number of anilines is 1. The highest BCUT2D eigenvalue weighted by Gasteiger charge is 2.45. The van der Waals surface area contributed by atoms with Gasteiger partial charge >= 0.3 is 5.69 Å². The van der Waals surface area contributed by atoms with Crippen LogP contribution in [0.5, 0.6) is 0 Å². The molecule has 2 unspecified atom stereocenters. The number of halogens is 1. The van der Waals surface area contributed by atoms with Gasteiger partial charge in [-0.1, -0.05) is 35.9 Å². The topological polar surface area (TPSA) is 124 Å². The normalized spacial score (nSPS) is 23.0. The summed E-state index contributed by atoms with van der Waals surface area (Å²) in [5, 5.41) is 1.39. The van der Waals surface area contributed by atoms with Gasteiger partial charge in [0, 0.05) is 75.2 Å². The fraction of sp³-hybridized carbons (Fsp3) is 0.526. The summed E-state index contributed by atoms with van der Waals surface area (Å²) in [5.41, 5.74) is 10.7. The van der Waals surface area contributed by atoms with E-state index in [-0.39, 0.29) is 30.0 Å². The Morgan fingerprint density at radius 2 is 1.70 bits per heavy atom. The minimum Gasteiger partial charge on any atom is -0.397 e. The number of imidazole rings is 1. The second-order valence-corrected chi connectivity index (χ2v) is 15.5. The SMILES string of the molecule is Cc1cc(C[C@@H](CC(=O)N2CCC(n3c(=O)[nH]c4c5ccccc5ncc43)CC2)C(=O)N2CCC(N3CC4CC3CN4C)CC2)cc(Cl)c1N. The Morgan fingerprint density at radius 1 is 0.980 bits per heavy atom. The number of aromatic nitrogens is 3. The van der Waals surface area contributed by atoms with Gasteiger partial charge in [0.25, 0.3) is 0 Å². The number of amides is 2. The molecule has 4 fully saturated rings. The lowest BCUT2D eigenvalue weighted by molar-refractivity contribution is -0.143. The molecule has 0 saturated carbocycles. The molecule has 264 valence electrons. The number of carbonyl (C=O) groups is 2. The van der Waals surface area contributed by atoms with Gasteiger partial charge in [-0.3, -0.25) is 24.0 Å². The van der Waals surface area contributed by atoms with Crippen LogP contribution in [0.2, 0.25) is 5.02 Å². The maximum absolute atomic E-state index is 14.2. The summed E-state index contributed by atoms with van der Waals surface area (Å²) in [5.74, 6) is -0.473. The van der Waals surface area contributed by atoms with Crippen molar-refractivity contribution >= 4 is 51.0 Å². The third kappa shape index (κ3) is 6.07. The Bertz CT molecular complexity index is 1970. The first kappa shape index (κ1) is 33.2. The van der Waals surface area contributed by atoms with Crippen molar-refractivity contribution in [2.45, 2.75) is 76.0 Å². The fourth-order valence-electron chi connectivity index (χ4n) is 9.29. The van der Waals surface area contributed by atoms with E-state index in [4.69, 9.17) is 17.3 Å². The van der Waals surface area contributed by atoms with Gasteiger partial charge in [0.2, 0.25) is 11.8 Å². The number of para-hydroxylation sites is 1. The summed E-state index contributed by atoms with van der Waals surface area (Å²) in [7, 11) is 2.23. The van der Waals surface area contributed by atoms with E-state index in [2.05, 4.69) is 26.8 Å². The number of H-pyrrole nitrogens is 1. The standard InChI is InChI=1S/C38H47ClN8O3/c1-23-15-24(17-31(39)35(23)40)16-25(37(49)45-13-7-26(8-14-45)46-22-28-19-29(46)21-43(28)2)18-34(48)44-11-9-27(10-12-44)47-33-20-41-32-6-4-3-5-30(32)36(33)42-38(47)50/h3-6,15,17,20,25-29H,7-14,16,18-19,21-22,40H2,1-2H3,(H,42,50)/t25-,28?,29?/m0/s1. The summed E-state index contributed by atoms with van der Waals surface area (Å²) < 4.78 is 1.81. The van der Waals surface area contributed by atoms with Crippen molar-refractivity contribution in [2.24, 2.45) is 5.92 Å². The number of benzene rings is 2. The van der Waals surface area contributed by atoms with Crippen molar-refractivity contribution in [3.63, 3.8) is 0 Å². The molecule has 2 aromatic heterocycles. The van der Waals surface area contributed by atoms with Crippen LogP contribution in [0.4, 0.5) is 5.69 Å². The number of likely N-dealkylation sites (N-methyl/N-ethyl adjacent to an activating group) is 1. The van der Waals surface area contributed by atoms with Crippen molar-refractivity contribution in [2.75, 3.05) is 52.0 Å². The van der Waals surface area contributed by atoms with Gasteiger partial charge < -0.3 is 25.4 Å². The Morgan fingerprint density at radius 3 is 2.40 bits per heavy atom. The molecule has 50 heavy (non-hydrogen) atoms. The number of nitrogens with two attached hydrogens (primary N) is 1. The number of hydrogen-bond donors (Lipinski definition) is 2. The van der Waals surface area contributed by atoms with Gasteiger partial charge in [-0.15, -0.1) is 0 Å². The number of nitrogen functional groups attached to an aromatic ring is 1. The molecule has 0 spiro atoms. The predicted octanol–water partition coefficient (Wildman–Crippen LogP) is 4.21. The van der Waals surface area contributed by atoms with Crippen LogP contribution in [-0.2, 0) is 16.0 Å². The van der Waals surface area contributed by atoms with Gasteiger partial charge in [-0.2, -0.15) is 0 Å². The van der Waals surface area contributed by atoms with Crippen molar-refractivity contribution in [3.8, 4) is 0 Å². The molecule has 0 radical (unpaired) electrons. The Balaban J connectivity index is 0.948. The first-order valence-electron chi connectivity index (χ1n) is 18.2. The van der Waals surface area contributed by atoms with Crippen molar-refractivity contribution in [3.05, 3.63) is 69.2 Å². The van der Waals surface area contributed by atoms with Crippen LogP contribution in [0.3, 0.4) is 0 Å². The summed E-state index contributed by atoms with van der Waals surface area (Å²) in [6.45, 7) is 6.67. The lowest BCUT2D eigenvalue weighted by Gasteiger charge is -2.42. The summed E-state index contributed by atoms with van der Waals surface area (Å²) in [4.78, 5) is 58.1. The quantitative estimate of drug-likeness (QED) is 0.277. The molecule has 0 aliphatic carbocycles. The lowest BCUT2D eigenvalue weighted by Crippen LogP contribution is -2.54. The van der Waals surface area contributed by atoms with E-state index in [9.17, 15) is 14.4 Å². The molecule has 4 saturated heterocycles. The summed E-state index contributed by atoms with van der Waals surface area (Å²) >= 11 is 6.47. The number of aromatic amines is 1. The number of hydrogen-bond acceptors (Lipinski definition) is 7. The monoisotopic (exact) mass is 698 g/mol. The largest absolute Gasteiger partial charge is 0.397 e. The zero-order valence-corrected chi connectivity index (χ0v) is 29.7. The van der Waals surface area contributed by atoms with Gasteiger partial charge in [-0.25, -0.2) is 4.79 Å². The molecule has 4 aliphatic heterocycles. The first-order chi connectivity index (χ1) is 24.1. The van der Waals surface area contributed by atoms with Gasteiger partial charge in [0.05, 0.1) is 39.4 Å². The maximum atomic E-state index is 14.2. The van der Waals surface area contributed by atoms with Gasteiger partial charge in [-0.05, 0) is 75.8 Å². The van der Waals surface area contributed by atoms with Crippen LogP contribution >= 0.6 is 11.6 Å². The van der Waals surface area contributed by atoms with Gasteiger partial charge in [0.1, 0.15) is 0 Å². The third-order valence-corrected chi connectivity index (χ3v) is 12.4. The minimum absolute atomic E-state index is 0.0221. The molecule has 3 atom stereocenters. The molecular formula is C38H47ClN8O3. The molecule has 2 amide bonds. The highest BCUT2D eigenvalue weighted by molar-refractivity contribution is 6.33. The maximum Gasteiger partial charge on any atom is 0.326 e. The Hall–Kier alpha value is -3.93. The van der Waals surface area contributed by atoms with E-state index in [1.807, 2.05) is 57.7 Å². The molecule has 6 heterocycles. The van der Waals surface area contributed by atoms with E-state index in [0.717, 1.165) is 59.0 Å². The zero-order valence-electron chi connectivity index (χ0n) is 29.0. The number of pyridine rings is 1. The number of piperazine rings is 1. The molecule has 12 heteroatoms. The lowest BCUT2D eigenvalue weighted by atomic mass is 9.91. The second-order valence-electron chi connectivity index (χ2n) is 15.1. The molecule has 4 aliphatic rings. The summed E-state index contributed by atoms with van der Waals surface area (Å²) in [6.07, 6.45) is 6.83. The Labute approximate surface area is 297 Å². The number of fused-ring (bicyclic) bond motifs is 5. The number of carbonyl (C=O) groups excluding carboxylic acids is 2. The number of nitrogens with one attached hydrogen (secondary N) is 1. The number of aryl methyl sites for hydroxylation is 1. The average molecular weight is 699 g/mol.